The minimum Gasteiger partial charge on any atom is -0.497 e. The van der Waals surface area contributed by atoms with Gasteiger partial charge >= 0.3 is 0 Å². The van der Waals surface area contributed by atoms with E-state index in [4.69, 9.17) is 4.74 Å². The molecular weight excluding hydrogens is 210 g/mol. The van der Waals surface area contributed by atoms with Crippen LogP contribution in [0.1, 0.15) is 5.56 Å². The maximum absolute atomic E-state index is 5.26. The molecule has 0 saturated carbocycles. The van der Waals surface area contributed by atoms with E-state index in [1.54, 1.807) is 7.11 Å². The van der Waals surface area contributed by atoms with Crippen molar-refractivity contribution in [3.05, 3.63) is 54.4 Å². The van der Waals surface area contributed by atoms with Gasteiger partial charge in [-0.05, 0) is 36.6 Å². The Morgan fingerprint density at radius 3 is 2.82 bits per heavy atom. The van der Waals surface area contributed by atoms with Crippen LogP contribution in [0.5, 0.6) is 5.75 Å². The van der Waals surface area contributed by atoms with E-state index in [0.29, 0.717) is 0 Å². The van der Waals surface area contributed by atoms with Gasteiger partial charge in [-0.3, -0.25) is 0 Å². The van der Waals surface area contributed by atoms with E-state index < -0.39 is 0 Å². The highest BCUT2D eigenvalue weighted by Gasteiger charge is 2.10. The normalized spacial score (nSPS) is 10.9. The fourth-order valence-electron chi connectivity index (χ4n) is 2.29. The van der Waals surface area contributed by atoms with Gasteiger partial charge in [-0.15, -0.1) is 0 Å². The molecule has 0 aliphatic heterocycles. The van der Waals surface area contributed by atoms with Crippen LogP contribution >= 0.6 is 0 Å². The molecule has 1 aromatic carbocycles. The molecule has 0 spiro atoms. The molecule has 3 aromatic rings. The number of aromatic nitrogens is 1. The molecule has 0 aliphatic carbocycles. The number of rotatable bonds is 1. The minimum atomic E-state index is 0.896. The molecule has 2 nitrogen and oxygen atoms in total. The molecule has 0 aliphatic rings. The molecule has 0 atom stereocenters. The fourth-order valence-corrected chi connectivity index (χ4v) is 2.29. The SMILES string of the molecule is COc1ccc2c(C)c3cccc[n+]3cc2c1. The van der Waals surface area contributed by atoms with Gasteiger partial charge in [0.25, 0.3) is 0 Å². The Balaban J connectivity index is 2.45. The zero-order chi connectivity index (χ0) is 11.8. The second kappa shape index (κ2) is 3.74. The lowest BCUT2D eigenvalue weighted by Crippen LogP contribution is -2.21. The lowest BCUT2D eigenvalue weighted by molar-refractivity contribution is -0.510. The third-order valence-electron chi connectivity index (χ3n) is 3.22. The second-order valence-corrected chi connectivity index (χ2v) is 4.20. The zero-order valence-corrected chi connectivity index (χ0v) is 9.97. The van der Waals surface area contributed by atoms with Gasteiger partial charge in [0.15, 0.2) is 12.4 Å². The molecule has 17 heavy (non-hydrogen) atoms. The Labute approximate surface area is 100 Å². The van der Waals surface area contributed by atoms with Gasteiger partial charge in [0.05, 0.1) is 12.5 Å². The number of aryl methyl sites for hydroxylation is 1. The predicted molar refractivity (Wildman–Crippen MR) is 68.4 cm³/mol. The molecule has 0 fully saturated rings. The van der Waals surface area contributed by atoms with Gasteiger partial charge in [-0.2, -0.15) is 4.40 Å². The Kier molecular flexibility index (Phi) is 2.22. The standard InChI is InChI=1S/C15H14NO/c1-11-14-7-6-13(17-2)9-12(14)10-16-8-4-3-5-15(11)16/h3-10H,1-2H3/q+1. The second-order valence-electron chi connectivity index (χ2n) is 4.20. The van der Waals surface area contributed by atoms with Crippen molar-refractivity contribution in [1.29, 1.82) is 0 Å². The van der Waals surface area contributed by atoms with Crippen molar-refractivity contribution in [3.63, 3.8) is 0 Å². The highest BCUT2D eigenvalue weighted by Crippen LogP contribution is 2.23. The van der Waals surface area contributed by atoms with Crippen molar-refractivity contribution >= 4 is 16.3 Å². The molecular formula is C15H14NO+. The number of benzene rings is 1. The van der Waals surface area contributed by atoms with Gasteiger partial charge in [-0.1, -0.05) is 0 Å². The molecule has 2 aromatic heterocycles. The summed E-state index contributed by atoms with van der Waals surface area (Å²) in [6.07, 6.45) is 4.21. The lowest BCUT2D eigenvalue weighted by Gasteiger charge is -2.04. The van der Waals surface area contributed by atoms with Crippen LogP contribution in [0.15, 0.2) is 48.8 Å². The third kappa shape index (κ3) is 1.53. The van der Waals surface area contributed by atoms with Gasteiger partial charge in [-0.25, -0.2) is 0 Å². The van der Waals surface area contributed by atoms with Crippen LogP contribution in [0, 0.1) is 6.92 Å². The minimum absolute atomic E-state index is 0.896. The van der Waals surface area contributed by atoms with Crippen molar-refractivity contribution in [3.8, 4) is 5.75 Å². The van der Waals surface area contributed by atoms with E-state index in [1.807, 2.05) is 12.1 Å². The van der Waals surface area contributed by atoms with Crippen LogP contribution in [0.3, 0.4) is 0 Å². The summed E-state index contributed by atoms with van der Waals surface area (Å²) in [5, 5.41) is 2.47. The Morgan fingerprint density at radius 2 is 2.00 bits per heavy atom. The van der Waals surface area contributed by atoms with E-state index in [1.165, 1.54) is 21.9 Å². The molecule has 0 saturated heterocycles. The zero-order valence-electron chi connectivity index (χ0n) is 9.97. The number of fused-ring (bicyclic) bond motifs is 2. The summed E-state index contributed by atoms with van der Waals surface area (Å²) in [7, 11) is 1.70. The molecule has 3 rings (SSSR count). The number of ether oxygens (including phenoxy) is 1. The molecule has 0 N–H and O–H groups in total. The van der Waals surface area contributed by atoms with Gasteiger partial charge in [0.1, 0.15) is 5.75 Å². The smallest absolute Gasteiger partial charge is 0.214 e. The van der Waals surface area contributed by atoms with E-state index in [9.17, 15) is 0 Å². The molecule has 2 heteroatoms. The van der Waals surface area contributed by atoms with Crippen LogP contribution in [0.4, 0.5) is 0 Å². The van der Waals surface area contributed by atoms with Crippen molar-refractivity contribution in [2.24, 2.45) is 0 Å². The molecule has 0 unspecified atom stereocenters. The average Bonchev–Trinajstić information content (AvgIpc) is 2.38. The quantitative estimate of drug-likeness (QED) is 0.457. The largest absolute Gasteiger partial charge is 0.497 e. The van der Waals surface area contributed by atoms with Crippen molar-refractivity contribution < 1.29 is 9.14 Å². The summed E-state index contributed by atoms with van der Waals surface area (Å²) in [6.45, 7) is 2.16. The van der Waals surface area contributed by atoms with Crippen LogP contribution in [-0.4, -0.2) is 7.11 Å². The summed E-state index contributed by atoms with van der Waals surface area (Å²) in [5.41, 5.74) is 2.54. The first kappa shape index (κ1) is 10.1. The number of methoxy groups -OCH3 is 1. The van der Waals surface area contributed by atoms with Crippen LogP contribution in [0.2, 0.25) is 0 Å². The van der Waals surface area contributed by atoms with Gasteiger partial charge in [0.2, 0.25) is 5.52 Å². The first-order chi connectivity index (χ1) is 8.29. The number of nitrogens with zero attached hydrogens (tertiary/aromatic N) is 1. The maximum Gasteiger partial charge on any atom is 0.214 e. The first-order valence-corrected chi connectivity index (χ1v) is 5.67. The lowest BCUT2D eigenvalue weighted by atomic mass is 10.1. The van der Waals surface area contributed by atoms with E-state index in [0.717, 1.165) is 5.75 Å². The van der Waals surface area contributed by atoms with E-state index >= 15 is 0 Å². The van der Waals surface area contributed by atoms with Crippen molar-refractivity contribution in [1.82, 2.24) is 0 Å². The molecule has 2 heterocycles. The summed E-state index contributed by atoms with van der Waals surface area (Å²) in [6, 6.07) is 12.4. The topological polar surface area (TPSA) is 13.3 Å². The Bertz CT molecular complexity index is 704. The average molecular weight is 224 g/mol. The molecule has 0 amide bonds. The van der Waals surface area contributed by atoms with Crippen LogP contribution < -0.4 is 9.14 Å². The van der Waals surface area contributed by atoms with Gasteiger partial charge in [0, 0.05) is 17.7 Å². The molecule has 0 bridgehead atoms. The monoisotopic (exact) mass is 224 g/mol. The van der Waals surface area contributed by atoms with Gasteiger partial charge < -0.3 is 4.74 Å². The summed E-state index contributed by atoms with van der Waals surface area (Å²) in [5.74, 6) is 0.896. The summed E-state index contributed by atoms with van der Waals surface area (Å²) >= 11 is 0. The highest BCUT2D eigenvalue weighted by molar-refractivity contribution is 5.89. The number of hydrogen-bond acceptors (Lipinski definition) is 1. The van der Waals surface area contributed by atoms with Crippen molar-refractivity contribution in [2.45, 2.75) is 6.92 Å². The molecule has 84 valence electrons. The number of pyridine rings is 2. The van der Waals surface area contributed by atoms with Crippen LogP contribution in [-0.2, 0) is 0 Å². The van der Waals surface area contributed by atoms with E-state index in [-0.39, 0.29) is 0 Å². The third-order valence-corrected chi connectivity index (χ3v) is 3.22. The number of hydrogen-bond donors (Lipinski definition) is 0. The van der Waals surface area contributed by atoms with Crippen LogP contribution in [0.25, 0.3) is 16.3 Å². The first-order valence-electron chi connectivity index (χ1n) is 5.67. The Morgan fingerprint density at radius 1 is 1.12 bits per heavy atom. The Hall–Kier alpha value is -2.09. The van der Waals surface area contributed by atoms with E-state index in [2.05, 4.69) is 48.0 Å². The summed E-state index contributed by atoms with van der Waals surface area (Å²) < 4.78 is 7.41. The predicted octanol–water partition coefficient (Wildman–Crippen LogP) is 2.90. The maximum atomic E-state index is 5.26. The summed E-state index contributed by atoms with van der Waals surface area (Å²) in [4.78, 5) is 0. The fraction of sp³-hybridized carbons (Fsp3) is 0.133. The molecule has 0 radical (unpaired) electrons. The highest BCUT2D eigenvalue weighted by atomic mass is 16.5. The van der Waals surface area contributed by atoms with Crippen molar-refractivity contribution in [2.75, 3.05) is 7.11 Å².